The van der Waals surface area contributed by atoms with E-state index in [2.05, 4.69) is 43.2 Å². The summed E-state index contributed by atoms with van der Waals surface area (Å²) in [6.45, 7) is 17.6. The molecule has 1 fully saturated rings. The molecule has 0 spiro atoms. The molecule has 4 nitrogen and oxygen atoms in total. The Bertz CT molecular complexity index is 299. The average molecular weight is 283 g/mol. The lowest BCUT2D eigenvalue weighted by atomic mass is 9.85. The molecule has 1 aliphatic rings. The summed E-state index contributed by atoms with van der Waals surface area (Å²) in [6.07, 6.45) is 0. The van der Waals surface area contributed by atoms with Crippen LogP contribution in [0.3, 0.4) is 0 Å². The Balaban J connectivity index is 2.55. The molecule has 1 amide bonds. The van der Waals surface area contributed by atoms with Crippen LogP contribution in [0.15, 0.2) is 0 Å². The molecule has 4 heteroatoms. The Labute approximate surface area is 124 Å². The van der Waals surface area contributed by atoms with E-state index >= 15 is 0 Å². The number of hydrogen-bond acceptors (Lipinski definition) is 3. The summed E-state index contributed by atoms with van der Waals surface area (Å²) in [5.41, 5.74) is -0.416. The molecule has 118 valence electrons. The number of hydrogen-bond donors (Lipinski definition) is 2. The van der Waals surface area contributed by atoms with E-state index in [4.69, 9.17) is 0 Å². The third kappa shape index (κ3) is 4.45. The first-order valence-corrected chi connectivity index (χ1v) is 8.01. The third-order valence-electron chi connectivity index (χ3n) is 4.67. The molecular formula is C16H33N3O. The molecule has 1 rings (SSSR count). The molecule has 0 aromatic carbocycles. The lowest BCUT2D eigenvalue weighted by Crippen LogP contribution is -2.60. The molecule has 1 heterocycles. The number of piperazine rings is 1. The molecule has 0 radical (unpaired) electrons. The van der Waals surface area contributed by atoms with Gasteiger partial charge in [0.2, 0.25) is 5.91 Å². The first-order chi connectivity index (χ1) is 9.26. The Morgan fingerprint density at radius 1 is 1.15 bits per heavy atom. The van der Waals surface area contributed by atoms with E-state index < -0.39 is 5.54 Å². The van der Waals surface area contributed by atoms with Crippen LogP contribution in [-0.4, -0.2) is 49.1 Å². The summed E-state index contributed by atoms with van der Waals surface area (Å²) in [4.78, 5) is 14.8. The van der Waals surface area contributed by atoms with Crippen molar-refractivity contribution in [3.8, 4) is 0 Å². The second-order valence-electron chi connectivity index (χ2n) is 7.16. The van der Waals surface area contributed by atoms with E-state index in [1.54, 1.807) is 0 Å². The predicted molar refractivity (Wildman–Crippen MR) is 84.7 cm³/mol. The second kappa shape index (κ2) is 7.41. The number of carbonyl (C=O) groups excluding carboxylic acids is 1. The molecule has 0 aromatic heterocycles. The smallest absolute Gasteiger partial charge is 0.239 e. The van der Waals surface area contributed by atoms with E-state index in [0.29, 0.717) is 17.8 Å². The molecule has 0 aromatic rings. The summed E-state index contributed by atoms with van der Waals surface area (Å²) < 4.78 is 0. The minimum absolute atomic E-state index is 0.158. The maximum absolute atomic E-state index is 12.5. The van der Waals surface area contributed by atoms with Gasteiger partial charge >= 0.3 is 0 Å². The Morgan fingerprint density at radius 3 is 2.10 bits per heavy atom. The van der Waals surface area contributed by atoms with Crippen LogP contribution in [0.25, 0.3) is 0 Å². The fraction of sp³-hybridized carbons (Fsp3) is 0.938. The van der Waals surface area contributed by atoms with Crippen molar-refractivity contribution in [3.63, 3.8) is 0 Å². The van der Waals surface area contributed by atoms with Crippen LogP contribution in [0.1, 0.15) is 41.5 Å². The predicted octanol–water partition coefficient (Wildman–Crippen LogP) is 1.71. The van der Waals surface area contributed by atoms with Crippen LogP contribution in [0, 0.1) is 17.8 Å². The van der Waals surface area contributed by atoms with Gasteiger partial charge in [0.1, 0.15) is 0 Å². The number of carbonyl (C=O) groups is 1. The van der Waals surface area contributed by atoms with Gasteiger partial charge in [-0.25, -0.2) is 0 Å². The van der Waals surface area contributed by atoms with Crippen molar-refractivity contribution < 1.29 is 4.79 Å². The first-order valence-electron chi connectivity index (χ1n) is 8.01. The van der Waals surface area contributed by atoms with Gasteiger partial charge in [-0.3, -0.25) is 9.69 Å². The van der Waals surface area contributed by atoms with Gasteiger partial charge in [0.15, 0.2) is 0 Å². The summed E-state index contributed by atoms with van der Waals surface area (Å²) in [5, 5.41) is 6.51. The van der Waals surface area contributed by atoms with Crippen LogP contribution in [0.5, 0.6) is 0 Å². The van der Waals surface area contributed by atoms with Crippen LogP contribution in [0.2, 0.25) is 0 Å². The Morgan fingerprint density at radius 2 is 1.65 bits per heavy atom. The van der Waals surface area contributed by atoms with E-state index in [1.807, 2.05) is 13.8 Å². The van der Waals surface area contributed by atoms with Crippen molar-refractivity contribution in [2.24, 2.45) is 17.8 Å². The molecule has 1 aliphatic heterocycles. The molecule has 0 atom stereocenters. The van der Waals surface area contributed by atoms with Gasteiger partial charge in [-0.2, -0.15) is 0 Å². The molecule has 20 heavy (non-hydrogen) atoms. The molecule has 1 saturated heterocycles. The van der Waals surface area contributed by atoms with Gasteiger partial charge in [0.25, 0.3) is 0 Å². The topological polar surface area (TPSA) is 44.4 Å². The van der Waals surface area contributed by atoms with Crippen LogP contribution in [0.4, 0.5) is 0 Å². The number of amides is 1. The largest absolute Gasteiger partial charge is 0.354 e. The molecule has 0 saturated carbocycles. The number of nitrogens with one attached hydrogen (secondary N) is 2. The van der Waals surface area contributed by atoms with Crippen molar-refractivity contribution in [2.45, 2.75) is 47.1 Å². The second-order valence-corrected chi connectivity index (χ2v) is 7.16. The Kier molecular flexibility index (Phi) is 6.46. The first kappa shape index (κ1) is 17.4. The molecule has 0 bridgehead atoms. The van der Waals surface area contributed by atoms with E-state index in [-0.39, 0.29) is 5.91 Å². The fourth-order valence-electron chi connectivity index (χ4n) is 3.04. The summed E-state index contributed by atoms with van der Waals surface area (Å²) in [6, 6.07) is 0. The van der Waals surface area contributed by atoms with Gasteiger partial charge in [-0.15, -0.1) is 0 Å². The van der Waals surface area contributed by atoms with Gasteiger partial charge in [0, 0.05) is 32.7 Å². The molecule has 0 aliphatic carbocycles. The van der Waals surface area contributed by atoms with E-state index in [9.17, 15) is 4.79 Å². The highest BCUT2D eigenvalue weighted by Crippen LogP contribution is 2.20. The molecule has 2 N–H and O–H groups in total. The SMILES string of the molecule is CC(C)C(CNC(=O)C(C)(C)N1CCNCC1)C(C)C. The highest BCUT2D eigenvalue weighted by atomic mass is 16.2. The van der Waals surface area contributed by atoms with Gasteiger partial charge in [0.05, 0.1) is 5.54 Å². The highest BCUT2D eigenvalue weighted by Gasteiger charge is 2.35. The Hall–Kier alpha value is -0.610. The van der Waals surface area contributed by atoms with Gasteiger partial charge in [-0.1, -0.05) is 27.7 Å². The molecular weight excluding hydrogens is 250 g/mol. The monoisotopic (exact) mass is 283 g/mol. The third-order valence-corrected chi connectivity index (χ3v) is 4.67. The van der Waals surface area contributed by atoms with Crippen LogP contribution < -0.4 is 10.6 Å². The van der Waals surface area contributed by atoms with Crippen molar-refractivity contribution in [1.82, 2.24) is 15.5 Å². The summed E-state index contributed by atoms with van der Waals surface area (Å²) in [7, 11) is 0. The van der Waals surface area contributed by atoms with Crippen molar-refractivity contribution in [1.29, 1.82) is 0 Å². The van der Waals surface area contributed by atoms with Crippen molar-refractivity contribution in [3.05, 3.63) is 0 Å². The lowest BCUT2D eigenvalue weighted by molar-refractivity contribution is -0.132. The quantitative estimate of drug-likeness (QED) is 0.780. The number of rotatable bonds is 6. The maximum atomic E-state index is 12.5. The van der Waals surface area contributed by atoms with E-state index in [1.165, 1.54) is 0 Å². The zero-order chi connectivity index (χ0) is 15.3. The zero-order valence-electron chi connectivity index (χ0n) is 14.1. The number of nitrogens with zero attached hydrogens (tertiary/aromatic N) is 1. The fourth-order valence-corrected chi connectivity index (χ4v) is 3.04. The summed E-state index contributed by atoms with van der Waals surface area (Å²) >= 11 is 0. The maximum Gasteiger partial charge on any atom is 0.239 e. The van der Waals surface area contributed by atoms with Crippen molar-refractivity contribution in [2.75, 3.05) is 32.7 Å². The minimum Gasteiger partial charge on any atom is -0.354 e. The molecule has 0 unspecified atom stereocenters. The summed E-state index contributed by atoms with van der Waals surface area (Å²) in [5.74, 6) is 1.89. The highest BCUT2D eigenvalue weighted by molar-refractivity contribution is 5.85. The minimum atomic E-state index is -0.416. The lowest BCUT2D eigenvalue weighted by Gasteiger charge is -2.40. The average Bonchev–Trinajstić information content (AvgIpc) is 2.38. The van der Waals surface area contributed by atoms with Crippen molar-refractivity contribution >= 4 is 5.91 Å². The normalized spacial score (nSPS) is 18.1. The van der Waals surface area contributed by atoms with Gasteiger partial charge in [-0.05, 0) is 31.6 Å². The van der Waals surface area contributed by atoms with E-state index in [0.717, 1.165) is 32.7 Å². The van der Waals surface area contributed by atoms with Gasteiger partial charge < -0.3 is 10.6 Å². The zero-order valence-corrected chi connectivity index (χ0v) is 14.1. The van der Waals surface area contributed by atoms with Crippen LogP contribution >= 0.6 is 0 Å². The standard InChI is InChI=1S/C16H33N3O/c1-12(2)14(13(3)4)11-18-15(20)16(5,6)19-9-7-17-8-10-19/h12-14,17H,7-11H2,1-6H3,(H,18,20). The van der Waals surface area contributed by atoms with Crippen LogP contribution in [-0.2, 0) is 4.79 Å².